The van der Waals surface area contributed by atoms with Gasteiger partial charge >= 0.3 is 0 Å². The summed E-state index contributed by atoms with van der Waals surface area (Å²) >= 11 is 0. The third kappa shape index (κ3) is 10.1. The second-order valence-electron chi connectivity index (χ2n) is 4.77. The molecule has 3 heteroatoms. The van der Waals surface area contributed by atoms with Gasteiger partial charge in [0, 0.05) is 13.2 Å². The smallest absolute Gasteiger partial charge is 0.172 e. The summed E-state index contributed by atoms with van der Waals surface area (Å²) in [5.74, 6) is 0. The Hall–Kier alpha value is -0.380. The van der Waals surface area contributed by atoms with E-state index < -0.39 is 0 Å². The summed E-state index contributed by atoms with van der Waals surface area (Å²) in [5, 5.41) is 3.56. The van der Waals surface area contributed by atoms with Gasteiger partial charge in [0.15, 0.2) is 6.29 Å². The highest BCUT2D eigenvalue weighted by atomic mass is 16.7. The Morgan fingerprint density at radius 2 is 1.74 bits per heavy atom. The highest BCUT2D eigenvalue weighted by Gasteiger charge is 2.20. The molecule has 1 N–H and O–H groups in total. The van der Waals surface area contributed by atoms with Crippen LogP contribution in [0.2, 0.25) is 0 Å². The Labute approximate surface area is 119 Å². The largest absolute Gasteiger partial charge is 0.351 e. The molecule has 1 unspecified atom stereocenters. The van der Waals surface area contributed by atoms with Crippen molar-refractivity contribution in [2.45, 2.75) is 71.6 Å². The number of allylic oxidation sites excluding steroid dienone is 1. The van der Waals surface area contributed by atoms with E-state index in [1.807, 2.05) is 19.9 Å². The predicted octanol–water partition coefficient (Wildman–Crippen LogP) is 3.89. The van der Waals surface area contributed by atoms with Gasteiger partial charge in [-0.1, -0.05) is 25.8 Å². The van der Waals surface area contributed by atoms with Gasteiger partial charge in [0.1, 0.15) is 0 Å². The van der Waals surface area contributed by atoms with Crippen LogP contribution in [0.1, 0.15) is 59.3 Å². The van der Waals surface area contributed by atoms with Crippen molar-refractivity contribution in [2.75, 3.05) is 19.8 Å². The molecule has 0 saturated heterocycles. The van der Waals surface area contributed by atoms with Gasteiger partial charge in [0.25, 0.3) is 0 Å². The average molecular weight is 271 g/mol. The van der Waals surface area contributed by atoms with Crippen LogP contribution in [0.4, 0.5) is 0 Å². The lowest BCUT2D eigenvalue weighted by atomic mass is 10.1. The van der Waals surface area contributed by atoms with Crippen molar-refractivity contribution < 1.29 is 9.47 Å². The number of nitrogens with one attached hydrogen (secondary N) is 1. The lowest BCUT2D eigenvalue weighted by Gasteiger charge is -2.27. The second kappa shape index (κ2) is 14.0. The first kappa shape index (κ1) is 18.6. The number of ether oxygens (including phenoxy) is 2. The highest BCUT2D eigenvalue weighted by Crippen LogP contribution is 2.12. The zero-order valence-electron chi connectivity index (χ0n) is 13.1. The topological polar surface area (TPSA) is 30.5 Å². The van der Waals surface area contributed by atoms with E-state index in [4.69, 9.17) is 9.47 Å². The van der Waals surface area contributed by atoms with Gasteiger partial charge in [-0.15, -0.1) is 6.58 Å². The fourth-order valence-electron chi connectivity index (χ4n) is 2.10. The van der Waals surface area contributed by atoms with E-state index >= 15 is 0 Å². The maximum absolute atomic E-state index is 5.72. The molecule has 0 saturated carbocycles. The van der Waals surface area contributed by atoms with Crippen LogP contribution in [0, 0.1) is 0 Å². The second-order valence-corrected chi connectivity index (χ2v) is 4.77. The Balaban J connectivity index is 4.11. The van der Waals surface area contributed by atoms with Crippen LogP contribution < -0.4 is 5.32 Å². The summed E-state index contributed by atoms with van der Waals surface area (Å²) in [5.41, 5.74) is 0. The standard InChI is InChI=1S/C16H33NO2/c1-5-9-10-11-12-13-15(17-14-6-2)16(18-7-3)19-8-4/h5,15-17H,1,6-14H2,2-4H3. The molecule has 0 aliphatic rings. The van der Waals surface area contributed by atoms with Crippen LogP contribution in [-0.4, -0.2) is 32.1 Å². The monoisotopic (exact) mass is 271 g/mol. The van der Waals surface area contributed by atoms with Gasteiger partial charge in [-0.05, 0) is 46.1 Å². The van der Waals surface area contributed by atoms with Crippen molar-refractivity contribution in [1.29, 1.82) is 0 Å². The molecular formula is C16H33NO2. The number of unbranched alkanes of at least 4 members (excludes halogenated alkanes) is 3. The minimum Gasteiger partial charge on any atom is -0.351 e. The van der Waals surface area contributed by atoms with Crippen molar-refractivity contribution in [1.82, 2.24) is 5.32 Å². The fourth-order valence-corrected chi connectivity index (χ4v) is 2.10. The molecule has 114 valence electrons. The van der Waals surface area contributed by atoms with Crippen molar-refractivity contribution in [3.63, 3.8) is 0 Å². The minimum atomic E-state index is -0.110. The van der Waals surface area contributed by atoms with Crippen LogP contribution >= 0.6 is 0 Å². The van der Waals surface area contributed by atoms with Crippen LogP contribution in [0.15, 0.2) is 12.7 Å². The van der Waals surface area contributed by atoms with Crippen molar-refractivity contribution in [3.8, 4) is 0 Å². The molecule has 0 aliphatic carbocycles. The van der Waals surface area contributed by atoms with Crippen LogP contribution in [0.25, 0.3) is 0 Å². The summed E-state index contributed by atoms with van der Waals surface area (Å²) in [6, 6.07) is 0.309. The zero-order valence-corrected chi connectivity index (χ0v) is 13.1. The molecule has 0 amide bonds. The van der Waals surface area contributed by atoms with E-state index in [0.717, 1.165) is 25.8 Å². The summed E-state index contributed by atoms with van der Waals surface area (Å²) in [7, 11) is 0. The van der Waals surface area contributed by atoms with E-state index in [-0.39, 0.29) is 6.29 Å². The normalized spacial score (nSPS) is 12.8. The molecule has 0 aliphatic heterocycles. The summed E-state index contributed by atoms with van der Waals surface area (Å²) < 4.78 is 11.4. The Morgan fingerprint density at radius 3 is 2.26 bits per heavy atom. The van der Waals surface area contributed by atoms with Crippen molar-refractivity contribution in [3.05, 3.63) is 12.7 Å². The molecule has 0 fully saturated rings. The number of hydrogen-bond acceptors (Lipinski definition) is 3. The third-order valence-corrected chi connectivity index (χ3v) is 3.07. The van der Waals surface area contributed by atoms with Gasteiger partial charge in [-0.3, -0.25) is 0 Å². The molecular weight excluding hydrogens is 238 g/mol. The predicted molar refractivity (Wildman–Crippen MR) is 82.4 cm³/mol. The first-order valence-corrected chi connectivity index (χ1v) is 7.87. The minimum absolute atomic E-state index is 0.110. The van der Waals surface area contributed by atoms with Crippen LogP contribution in [0.3, 0.4) is 0 Å². The number of rotatable bonds is 14. The van der Waals surface area contributed by atoms with Gasteiger partial charge in [-0.25, -0.2) is 0 Å². The maximum atomic E-state index is 5.72. The molecule has 0 rings (SSSR count). The molecule has 0 aromatic heterocycles. The molecule has 0 heterocycles. The zero-order chi connectivity index (χ0) is 14.3. The average Bonchev–Trinajstić information content (AvgIpc) is 2.42. The van der Waals surface area contributed by atoms with E-state index in [9.17, 15) is 0 Å². The highest BCUT2D eigenvalue weighted by molar-refractivity contribution is 4.72. The molecule has 0 aromatic carbocycles. The van der Waals surface area contributed by atoms with Crippen LogP contribution in [-0.2, 0) is 9.47 Å². The maximum Gasteiger partial charge on any atom is 0.172 e. The molecule has 1 atom stereocenters. The van der Waals surface area contributed by atoms with E-state index in [0.29, 0.717) is 19.3 Å². The van der Waals surface area contributed by atoms with Crippen LogP contribution in [0.5, 0.6) is 0 Å². The lowest BCUT2D eigenvalue weighted by Crippen LogP contribution is -2.43. The van der Waals surface area contributed by atoms with E-state index in [1.165, 1.54) is 19.3 Å². The molecule has 0 spiro atoms. The van der Waals surface area contributed by atoms with Gasteiger partial charge in [0.05, 0.1) is 6.04 Å². The first-order valence-electron chi connectivity index (χ1n) is 7.87. The molecule has 19 heavy (non-hydrogen) atoms. The molecule has 0 radical (unpaired) electrons. The fraction of sp³-hybridized carbons (Fsp3) is 0.875. The third-order valence-electron chi connectivity index (χ3n) is 3.07. The first-order chi connectivity index (χ1) is 9.29. The summed E-state index contributed by atoms with van der Waals surface area (Å²) in [4.78, 5) is 0. The Bertz CT molecular complexity index is 191. The van der Waals surface area contributed by atoms with E-state index in [1.54, 1.807) is 0 Å². The van der Waals surface area contributed by atoms with Crippen molar-refractivity contribution in [2.24, 2.45) is 0 Å². The molecule has 0 bridgehead atoms. The number of hydrogen-bond donors (Lipinski definition) is 1. The lowest BCUT2D eigenvalue weighted by molar-refractivity contribution is -0.155. The summed E-state index contributed by atoms with van der Waals surface area (Å²) in [6.45, 7) is 12.4. The molecule has 0 aromatic rings. The van der Waals surface area contributed by atoms with Gasteiger partial charge in [0.2, 0.25) is 0 Å². The van der Waals surface area contributed by atoms with Gasteiger partial charge < -0.3 is 14.8 Å². The summed E-state index contributed by atoms with van der Waals surface area (Å²) in [6.07, 6.45) is 8.95. The molecule has 3 nitrogen and oxygen atoms in total. The quantitative estimate of drug-likeness (QED) is 0.295. The SMILES string of the molecule is C=CCCCCCC(NCCC)C(OCC)OCC. The van der Waals surface area contributed by atoms with E-state index in [2.05, 4.69) is 18.8 Å². The Kier molecular flexibility index (Phi) is 13.8. The van der Waals surface area contributed by atoms with Gasteiger partial charge in [-0.2, -0.15) is 0 Å². The van der Waals surface area contributed by atoms with Crippen molar-refractivity contribution >= 4 is 0 Å². The Morgan fingerprint density at radius 1 is 1.05 bits per heavy atom.